The number of phosphoric ester groups is 2. The van der Waals surface area contributed by atoms with Gasteiger partial charge in [0.05, 0.1) is 26.4 Å². The summed E-state index contributed by atoms with van der Waals surface area (Å²) in [6, 6.07) is 0. The quantitative estimate of drug-likeness (QED) is 0.0222. The molecule has 0 amide bonds. The molecule has 0 bridgehead atoms. The molecule has 0 aromatic heterocycles. The van der Waals surface area contributed by atoms with Crippen molar-refractivity contribution in [3.63, 3.8) is 0 Å². The van der Waals surface area contributed by atoms with Crippen molar-refractivity contribution in [2.75, 3.05) is 39.6 Å². The first-order valence-electron chi connectivity index (χ1n) is 37.1. The zero-order valence-corrected chi connectivity index (χ0v) is 60.2. The van der Waals surface area contributed by atoms with Gasteiger partial charge < -0.3 is 33.8 Å². The molecule has 0 saturated carbocycles. The van der Waals surface area contributed by atoms with E-state index in [9.17, 15) is 43.2 Å². The molecule has 0 heterocycles. The fourth-order valence-corrected chi connectivity index (χ4v) is 12.3. The van der Waals surface area contributed by atoms with Crippen LogP contribution in [-0.2, 0) is 65.4 Å². The van der Waals surface area contributed by atoms with Crippen LogP contribution in [-0.4, -0.2) is 96.7 Å². The Hall–Kier alpha value is -1.94. The summed E-state index contributed by atoms with van der Waals surface area (Å²) in [5, 5.41) is 10.6. The van der Waals surface area contributed by atoms with Crippen molar-refractivity contribution < 1.29 is 80.2 Å². The second kappa shape index (κ2) is 63.1. The van der Waals surface area contributed by atoms with Gasteiger partial charge in [-0.15, -0.1) is 0 Å². The highest BCUT2D eigenvalue weighted by Crippen LogP contribution is 2.45. The van der Waals surface area contributed by atoms with Gasteiger partial charge in [0.25, 0.3) is 0 Å². The minimum atomic E-state index is -4.95. The van der Waals surface area contributed by atoms with E-state index in [4.69, 9.17) is 37.0 Å². The standard InChI is InChI=1S/C71H138O17P2/c1-7-11-13-15-17-19-24-29-37-43-49-55-70(75)87-66(59-81-68(73)53-47-41-35-27-18-16-14-12-8-2)61-85-89(77,78)83-57-65(72)58-84-90(79,80)86-62-67(60-82-69(74)54-48-42-36-32-31-34-40-46-52-64(6)10-4)88-71(76)56-50-44-38-30-26-23-21-20-22-25-28-33-39-45-51-63(5)9-3/h63-67,72H,7-62H2,1-6H3,(H,77,78)(H,79,80)/t63?,64?,65-,66+,67+/m0/s1. The van der Waals surface area contributed by atoms with E-state index in [0.717, 1.165) is 102 Å². The van der Waals surface area contributed by atoms with Crippen LogP contribution in [0.3, 0.4) is 0 Å². The number of aliphatic hydroxyl groups is 1. The van der Waals surface area contributed by atoms with Crippen LogP contribution >= 0.6 is 15.6 Å². The van der Waals surface area contributed by atoms with Crippen LogP contribution < -0.4 is 0 Å². The Kier molecular flexibility index (Phi) is 61.8. The number of carbonyl (C=O) groups is 4. The van der Waals surface area contributed by atoms with Gasteiger partial charge in [0.2, 0.25) is 0 Å². The van der Waals surface area contributed by atoms with Gasteiger partial charge in [0.15, 0.2) is 12.2 Å². The van der Waals surface area contributed by atoms with E-state index in [2.05, 4.69) is 41.5 Å². The minimum absolute atomic E-state index is 0.107. The smallest absolute Gasteiger partial charge is 0.462 e. The lowest BCUT2D eigenvalue weighted by molar-refractivity contribution is -0.161. The van der Waals surface area contributed by atoms with Crippen LogP contribution in [0.15, 0.2) is 0 Å². The molecule has 0 aromatic rings. The van der Waals surface area contributed by atoms with Gasteiger partial charge in [-0.3, -0.25) is 37.3 Å². The second-order valence-electron chi connectivity index (χ2n) is 26.1. The number of carbonyl (C=O) groups excluding carboxylic acids is 4. The maximum Gasteiger partial charge on any atom is 0.472 e. The normalized spacial score (nSPS) is 14.7. The van der Waals surface area contributed by atoms with Crippen molar-refractivity contribution in [2.45, 2.75) is 381 Å². The Morgan fingerprint density at radius 3 is 0.789 bits per heavy atom. The molecule has 90 heavy (non-hydrogen) atoms. The lowest BCUT2D eigenvalue weighted by Crippen LogP contribution is -2.30. The molecule has 4 unspecified atom stereocenters. The lowest BCUT2D eigenvalue weighted by atomic mass is 9.99. The Labute approximate surface area is 549 Å². The first kappa shape index (κ1) is 88.1. The third-order valence-corrected chi connectivity index (χ3v) is 19.1. The second-order valence-corrected chi connectivity index (χ2v) is 29.0. The van der Waals surface area contributed by atoms with Crippen LogP contribution in [0, 0.1) is 11.8 Å². The molecule has 0 aromatic carbocycles. The number of rotatable bonds is 70. The number of esters is 4. The fraction of sp³-hybridized carbons (Fsp3) is 0.944. The predicted molar refractivity (Wildman–Crippen MR) is 363 cm³/mol. The van der Waals surface area contributed by atoms with Crippen molar-refractivity contribution >= 4 is 39.5 Å². The summed E-state index contributed by atoms with van der Waals surface area (Å²) >= 11 is 0. The number of ether oxygens (including phenoxy) is 4. The number of hydrogen-bond donors (Lipinski definition) is 3. The van der Waals surface area contributed by atoms with Gasteiger partial charge in [-0.05, 0) is 37.5 Å². The maximum absolute atomic E-state index is 13.0. The Bertz CT molecular complexity index is 1760. The average Bonchev–Trinajstić information content (AvgIpc) is 3.72. The molecule has 0 aliphatic carbocycles. The molecule has 0 radical (unpaired) electrons. The van der Waals surface area contributed by atoms with E-state index in [0.29, 0.717) is 25.7 Å². The monoisotopic (exact) mass is 1320 g/mol. The van der Waals surface area contributed by atoms with Crippen molar-refractivity contribution in [1.29, 1.82) is 0 Å². The summed E-state index contributed by atoms with van der Waals surface area (Å²) in [5.41, 5.74) is 0. The van der Waals surface area contributed by atoms with Gasteiger partial charge in [0, 0.05) is 25.7 Å². The molecule has 0 aliphatic rings. The fourth-order valence-electron chi connectivity index (χ4n) is 10.7. The number of hydrogen-bond acceptors (Lipinski definition) is 15. The first-order chi connectivity index (χ1) is 43.4. The number of phosphoric acid groups is 2. The Morgan fingerprint density at radius 2 is 0.533 bits per heavy atom. The van der Waals surface area contributed by atoms with Crippen molar-refractivity contribution in [3.05, 3.63) is 0 Å². The van der Waals surface area contributed by atoms with Crippen molar-refractivity contribution in [2.24, 2.45) is 11.8 Å². The summed E-state index contributed by atoms with van der Waals surface area (Å²) in [4.78, 5) is 72.5. The Morgan fingerprint density at radius 1 is 0.311 bits per heavy atom. The van der Waals surface area contributed by atoms with E-state index in [1.807, 2.05) is 0 Å². The van der Waals surface area contributed by atoms with Crippen LogP contribution in [0.25, 0.3) is 0 Å². The van der Waals surface area contributed by atoms with Crippen molar-refractivity contribution in [3.8, 4) is 0 Å². The molecule has 0 aliphatic heterocycles. The topological polar surface area (TPSA) is 237 Å². The van der Waals surface area contributed by atoms with Crippen LogP contribution in [0.2, 0.25) is 0 Å². The average molecular weight is 1330 g/mol. The van der Waals surface area contributed by atoms with Crippen LogP contribution in [0.5, 0.6) is 0 Å². The third-order valence-electron chi connectivity index (χ3n) is 17.2. The summed E-state index contributed by atoms with van der Waals surface area (Å²) in [6.07, 6.45) is 48.4. The molecule has 19 heteroatoms. The zero-order chi connectivity index (χ0) is 66.5. The first-order valence-corrected chi connectivity index (χ1v) is 40.1. The molecule has 17 nitrogen and oxygen atoms in total. The molecule has 0 fully saturated rings. The summed E-state index contributed by atoms with van der Waals surface area (Å²) in [6.45, 7) is 9.59. The predicted octanol–water partition coefficient (Wildman–Crippen LogP) is 20.4. The number of aliphatic hydroxyl groups excluding tert-OH is 1. The lowest BCUT2D eigenvalue weighted by Gasteiger charge is -2.21. The molecule has 0 rings (SSSR count). The highest BCUT2D eigenvalue weighted by molar-refractivity contribution is 7.47. The SMILES string of the molecule is CCCCCCCCCCCCCC(=O)O[C@H](COC(=O)CCCCCCCCCCC)COP(=O)(O)OC[C@H](O)COP(=O)(O)OC[C@@H](COC(=O)CCCCCCCCCCC(C)CC)OC(=O)CCCCCCCCCCCCCCCCC(C)CC. The summed E-state index contributed by atoms with van der Waals surface area (Å²) < 4.78 is 68.3. The van der Waals surface area contributed by atoms with Crippen LogP contribution in [0.1, 0.15) is 363 Å². The third kappa shape index (κ3) is 62.2. The Balaban J connectivity index is 5.22. The van der Waals surface area contributed by atoms with Gasteiger partial charge in [-0.25, -0.2) is 9.13 Å². The summed E-state index contributed by atoms with van der Waals surface area (Å²) in [7, 11) is -9.90. The van der Waals surface area contributed by atoms with E-state index in [1.165, 1.54) is 180 Å². The molecule has 3 N–H and O–H groups in total. The summed E-state index contributed by atoms with van der Waals surface area (Å²) in [5.74, 6) is -0.500. The molecular weight excluding hydrogens is 1190 g/mol. The molecule has 0 saturated heterocycles. The van der Waals surface area contributed by atoms with Gasteiger partial charge in [0.1, 0.15) is 19.3 Å². The molecule has 0 spiro atoms. The van der Waals surface area contributed by atoms with Crippen LogP contribution in [0.4, 0.5) is 0 Å². The zero-order valence-electron chi connectivity index (χ0n) is 58.4. The highest BCUT2D eigenvalue weighted by Gasteiger charge is 2.30. The molecular formula is C71H138O17P2. The van der Waals surface area contributed by atoms with E-state index >= 15 is 0 Å². The molecule has 7 atom stereocenters. The highest BCUT2D eigenvalue weighted by atomic mass is 31.2. The largest absolute Gasteiger partial charge is 0.472 e. The van der Waals surface area contributed by atoms with Gasteiger partial charge in [-0.2, -0.15) is 0 Å². The van der Waals surface area contributed by atoms with Gasteiger partial charge >= 0.3 is 39.5 Å². The van der Waals surface area contributed by atoms with E-state index in [-0.39, 0.29) is 25.7 Å². The van der Waals surface area contributed by atoms with E-state index in [1.54, 1.807) is 0 Å². The maximum atomic E-state index is 13.0. The minimum Gasteiger partial charge on any atom is -0.462 e. The van der Waals surface area contributed by atoms with Gasteiger partial charge in [-0.1, -0.05) is 311 Å². The molecule has 534 valence electrons. The number of unbranched alkanes of at least 4 members (excludes halogenated alkanes) is 38. The van der Waals surface area contributed by atoms with E-state index < -0.39 is 97.5 Å². The van der Waals surface area contributed by atoms with Crippen molar-refractivity contribution in [1.82, 2.24) is 0 Å².